The van der Waals surface area contributed by atoms with E-state index in [2.05, 4.69) is 9.97 Å². The minimum absolute atomic E-state index is 0.221. The average Bonchev–Trinajstić information content (AvgIpc) is 2.44. The van der Waals surface area contributed by atoms with Gasteiger partial charge < -0.3 is 24.8 Å². The van der Waals surface area contributed by atoms with Crippen LogP contribution in [0.5, 0.6) is 5.88 Å². The van der Waals surface area contributed by atoms with Gasteiger partial charge in [-0.05, 0) is 0 Å². The minimum atomic E-state index is -4.67. The number of aliphatic hydroxyl groups is 3. The zero-order chi connectivity index (χ0) is 15.6. The highest BCUT2D eigenvalue weighted by Gasteiger charge is 2.40. The van der Waals surface area contributed by atoms with Gasteiger partial charge in [0.15, 0.2) is 11.8 Å². The maximum atomic E-state index is 12.5. The highest BCUT2D eigenvalue weighted by molar-refractivity contribution is 5.11. The molecule has 4 atom stereocenters. The third-order valence-electron chi connectivity index (χ3n) is 2.94. The van der Waals surface area contributed by atoms with Crippen LogP contribution in [-0.4, -0.2) is 62.9 Å². The van der Waals surface area contributed by atoms with Crippen molar-refractivity contribution in [2.24, 2.45) is 0 Å². The Labute approximate surface area is 117 Å². The molecule has 0 radical (unpaired) electrons. The standard InChI is InChI=1S/C11H13F3N2O5/c12-11(13,14)7-1-15-2-8(16-7)21-6-4-20-5(3-17)9(18)10(6)19/h1-2,5-6,9-10,17-19H,3-4H2/t5-,6+,9+,10-/m1/s1. The van der Waals surface area contributed by atoms with Crippen LogP contribution in [0.3, 0.4) is 0 Å². The van der Waals surface area contributed by atoms with Crippen molar-refractivity contribution in [3.8, 4) is 5.88 Å². The molecule has 2 heterocycles. The summed E-state index contributed by atoms with van der Waals surface area (Å²) in [7, 11) is 0. The maximum absolute atomic E-state index is 12.5. The molecule has 0 unspecified atom stereocenters. The van der Waals surface area contributed by atoms with E-state index in [-0.39, 0.29) is 6.61 Å². The number of ether oxygens (including phenoxy) is 2. The van der Waals surface area contributed by atoms with Crippen LogP contribution in [0.4, 0.5) is 13.2 Å². The second-order valence-electron chi connectivity index (χ2n) is 4.43. The van der Waals surface area contributed by atoms with Crippen molar-refractivity contribution in [2.45, 2.75) is 30.6 Å². The van der Waals surface area contributed by atoms with Gasteiger partial charge in [0.2, 0.25) is 5.88 Å². The largest absolute Gasteiger partial charge is 0.468 e. The van der Waals surface area contributed by atoms with Crippen LogP contribution in [0, 0.1) is 0 Å². The normalized spacial score (nSPS) is 30.2. The molecule has 0 spiro atoms. The van der Waals surface area contributed by atoms with E-state index < -0.39 is 48.8 Å². The first kappa shape index (κ1) is 15.9. The Morgan fingerprint density at radius 2 is 2.00 bits per heavy atom. The van der Waals surface area contributed by atoms with Gasteiger partial charge in [-0.3, -0.25) is 4.98 Å². The van der Waals surface area contributed by atoms with Crippen molar-refractivity contribution in [3.05, 3.63) is 18.1 Å². The summed E-state index contributed by atoms with van der Waals surface area (Å²) in [5, 5.41) is 28.3. The summed E-state index contributed by atoms with van der Waals surface area (Å²) in [5.41, 5.74) is -1.24. The highest BCUT2D eigenvalue weighted by Crippen LogP contribution is 2.28. The zero-order valence-corrected chi connectivity index (χ0v) is 10.6. The molecule has 1 fully saturated rings. The van der Waals surface area contributed by atoms with Crippen molar-refractivity contribution in [1.29, 1.82) is 0 Å². The molecule has 1 aliphatic rings. The van der Waals surface area contributed by atoms with Crippen LogP contribution < -0.4 is 4.74 Å². The van der Waals surface area contributed by atoms with Gasteiger partial charge in [0.1, 0.15) is 18.3 Å². The first-order valence-electron chi connectivity index (χ1n) is 5.97. The lowest BCUT2D eigenvalue weighted by atomic mass is 10.0. The molecule has 1 aliphatic heterocycles. The molecule has 0 amide bonds. The predicted octanol–water partition coefficient (Wildman–Crippen LogP) is -0.644. The van der Waals surface area contributed by atoms with E-state index >= 15 is 0 Å². The van der Waals surface area contributed by atoms with Gasteiger partial charge in [0.25, 0.3) is 0 Å². The fraction of sp³-hybridized carbons (Fsp3) is 0.636. The minimum Gasteiger partial charge on any atom is -0.468 e. The molecule has 2 rings (SSSR count). The Kier molecular flexibility index (Phi) is 4.61. The molecule has 1 aromatic heterocycles. The summed E-state index contributed by atoms with van der Waals surface area (Å²) in [4.78, 5) is 6.59. The average molecular weight is 310 g/mol. The summed E-state index contributed by atoms with van der Waals surface area (Å²) in [6.07, 6.45) is -8.15. The summed E-state index contributed by atoms with van der Waals surface area (Å²) in [6, 6.07) is 0. The third-order valence-corrected chi connectivity index (χ3v) is 2.94. The van der Waals surface area contributed by atoms with E-state index in [1.165, 1.54) is 0 Å². The van der Waals surface area contributed by atoms with Crippen molar-refractivity contribution < 1.29 is 38.0 Å². The first-order chi connectivity index (χ1) is 9.82. The predicted molar refractivity (Wildman–Crippen MR) is 60.3 cm³/mol. The lowest BCUT2D eigenvalue weighted by Gasteiger charge is -2.36. The van der Waals surface area contributed by atoms with Crippen LogP contribution in [0.1, 0.15) is 5.69 Å². The summed E-state index contributed by atoms with van der Waals surface area (Å²) < 4.78 is 47.6. The Balaban J connectivity index is 2.08. The highest BCUT2D eigenvalue weighted by atomic mass is 19.4. The molecule has 0 aliphatic carbocycles. The fourth-order valence-corrected chi connectivity index (χ4v) is 1.82. The number of alkyl halides is 3. The second kappa shape index (κ2) is 6.10. The molecule has 21 heavy (non-hydrogen) atoms. The first-order valence-corrected chi connectivity index (χ1v) is 5.97. The van der Waals surface area contributed by atoms with E-state index in [0.29, 0.717) is 6.20 Å². The number of rotatable bonds is 3. The molecule has 1 aromatic rings. The quantitative estimate of drug-likeness (QED) is 0.682. The van der Waals surface area contributed by atoms with E-state index in [0.717, 1.165) is 6.20 Å². The maximum Gasteiger partial charge on any atom is 0.435 e. The number of nitrogens with zero attached hydrogens (tertiary/aromatic N) is 2. The molecule has 0 saturated carbocycles. The van der Waals surface area contributed by atoms with Crippen molar-refractivity contribution >= 4 is 0 Å². The monoisotopic (exact) mass is 310 g/mol. The van der Waals surface area contributed by atoms with Crippen molar-refractivity contribution in [1.82, 2.24) is 9.97 Å². The van der Waals surface area contributed by atoms with Crippen molar-refractivity contribution in [2.75, 3.05) is 13.2 Å². The number of aromatic nitrogens is 2. The van der Waals surface area contributed by atoms with Gasteiger partial charge in [-0.25, -0.2) is 4.98 Å². The number of aliphatic hydroxyl groups excluding tert-OH is 3. The molecular formula is C11H13F3N2O5. The van der Waals surface area contributed by atoms with Gasteiger partial charge in [0, 0.05) is 0 Å². The molecule has 3 N–H and O–H groups in total. The molecule has 118 valence electrons. The van der Waals surface area contributed by atoms with Gasteiger partial charge in [0.05, 0.1) is 25.6 Å². The van der Waals surface area contributed by atoms with E-state index in [1.807, 2.05) is 0 Å². The Hall–Kier alpha value is -1.49. The second-order valence-corrected chi connectivity index (χ2v) is 4.43. The zero-order valence-electron chi connectivity index (χ0n) is 10.6. The summed E-state index contributed by atoms with van der Waals surface area (Å²) in [5.74, 6) is -0.452. The number of halogens is 3. The van der Waals surface area contributed by atoms with E-state index in [9.17, 15) is 23.4 Å². The van der Waals surface area contributed by atoms with E-state index in [1.54, 1.807) is 0 Å². The van der Waals surface area contributed by atoms with Crippen LogP contribution >= 0.6 is 0 Å². The molecule has 0 aromatic carbocycles. The number of hydrogen-bond donors (Lipinski definition) is 3. The van der Waals surface area contributed by atoms with Gasteiger partial charge >= 0.3 is 6.18 Å². The molecule has 1 saturated heterocycles. The Morgan fingerprint density at radius 1 is 1.29 bits per heavy atom. The molecule has 10 heteroatoms. The van der Waals surface area contributed by atoms with Crippen LogP contribution in [0.15, 0.2) is 12.4 Å². The van der Waals surface area contributed by atoms with Gasteiger partial charge in [-0.1, -0.05) is 0 Å². The molecular weight excluding hydrogens is 297 g/mol. The van der Waals surface area contributed by atoms with Crippen molar-refractivity contribution in [3.63, 3.8) is 0 Å². The van der Waals surface area contributed by atoms with Crippen LogP contribution in [0.2, 0.25) is 0 Å². The third kappa shape index (κ3) is 3.59. The number of hydrogen-bond acceptors (Lipinski definition) is 7. The summed E-state index contributed by atoms with van der Waals surface area (Å²) in [6.45, 7) is -0.726. The van der Waals surface area contributed by atoms with Gasteiger partial charge in [-0.15, -0.1) is 0 Å². The topological polar surface area (TPSA) is 105 Å². The molecule has 7 nitrogen and oxygen atoms in total. The Morgan fingerprint density at radius 3 is 2.62 bits per heavy atom. The fourth-order valence-electron chi connectivity index (χ4n) is 1.82. The van der Waals surface area contributed by atoms with E-state index in [4.69, 9.17) is 14.6 Å². The summed E-state index contributed by atoms with van der Waals surface area (Å²) >= 11 is 0. The lowest BCUT2D eigenvalue weighted by molar-refractivity contribution is -0.189. The lowest BCUT2D eigenvalue weighted by Crippen LogP contribution is -2.56. The van der Waals surface area contributed by atoms with Crippen LogP contribution in [-0.2, 0) is 10.9 Å². The smallest absolute Gasteiger partial charge is 0.435 e. The molecule has 0 bridgehead atoms. The van der Waals surface area contributed by atoms with Crippen LogP contribution in [0.25, 0.3) is 0 Å². The Bertz CT molecular complexity index is 487. The SMILES string of the molecule is OC[C@H]1OC[C@H](Oc2cncc(C(F)(F)F)n2)[C@@H](O)[C@H]1O. The van der Waals surface area contributed by atoms with Gasteiger partial charge in [-0.2, -0.15) is 13.2 Å².